The minimum Gasteiger partial charge on any atom is -0.481 e. The molecule has 2 saturated heterocycles. The highest BCUT2D eigenvalue weighted by atomic mass is 16.4. The van der Waals surface area contributed by atoms with Crippen molar-refractivity contribution in [3.63, 3.8) is 0 Å². The van der Waals surface area contributed by atoms with Crippen molar-refractivity contribution in [3.05, 3.63) is 0 Å². The summed E-state index contributed by atoms with van der Waals surface area (Å²) in [5, 5.41) is 17.8. The molecular weight excluding hydrogens is 182 g/mol. The molecule has 3 unspecified atom stereocenters. The molecule has 0 aliphatic carbocycles. The molecule has 14 heavy (non-hydrogen) atoms. The van der Waals surface area contributed by atoms with Crippen molar-refractivity contribution >= 4 is 5.97 Å². The van der Waals surface area contributed by atoms with Gasteiger partial charge in [-0.2, -0.15) is 0 Å². The van der Waals surface area contributed by atoms with Crippen molar-refractivity contribution in [2.24, 2.45) is 5.92 Å². The molecule has 2 aliphatic rings. The number of aliphatic carboxylic acids is 1. The van der Waals surface area contributed by atoms with Crippen LogP contribution in [0.1, 0.15) is 25.7 Å². The summed E-state index contributed by atoms with van der Waals surface area (Å²) in [6.45, 7) is 1.06. The monoisotopic (exact) mass is 199 g/mol. The molecule has 0 amide bonds. The van der Waals surface area contributed by atoms with Crippen molar-refractivity contribution < 1.29 is 15.0 Å². The number of nitrogens with zero attached hydrogens (tertiary/aromatic N) is 1. The fourth-order valence-electron chi connectivity index (χ4n) is 2.97. The van der Waals surface area contributed by atoms with Crippen LogP contribution in [0, 0.1) is 5.92 Å². The van der Waals surface area contributed by atoms with E-state index in [-0.39, 0.29) is 18.6 Å². The van der Waals surface area contributed by atoms with Gasteiger partial charge < -0.3 is 10.2 Å². The molecule has 0 saturated carbocycles. The summed E-state index contributed by atoms with van der Waals surface area (Å²) in [5.41, 5.74) is 0. The quantitative estimate of drug-likeness (QED) is 0.684. The van der Waals surface area contributed by atoms with Crippen LogP contribution >= 0.6 is 0 Å². The smallest absolute Gasteiger partial charge is 0.308 e. The third-order valence-electron chi connectivity index (χ3n) is 3.57. The molecule has 2 aliphatic heterocycles. The molecule has 0 aromatic rings. The van der Waals surface area contributed by atoms with Crippen LogP contribution in [0.5, 0.6) is 0 Å². The number of hydrogen-bond donors (Lipinski definition) is 2. The molecular formula is C10H17NO3. The first-order valence-corrected chi connectivity index (χ1v) is 5.33. The Bertz CT molecular complexity index is 231. The normalized spacial score (nSPS) is 36.5. The summed E-state index contributed by atoms with van der Waals surface area (Å²) >= 11 is 0. The van der Waals surface area contributed by atoms with Crippen molar-refractivity contribution in [3.8, 4) is 0 Å². The molecule has 0 radical (unpaired) electrons. The van der Waals surface area contributed by atoms with Crippen molar-refractivity contribution in [2.75, 3.05) is 13.2 Å². The molecule has 2 fully saturated rings. The molecule has 0 aromatic carbocycles. The number of aliphatic hydroxyl groups is 1. The van der Waals surface area contributed by atoms with Crippen LogP contribution in [0.25, 0.3) is 0 Å². The van der Waals surface area contributed by atoms with Crippen LogP contribution < -0.4 is 0 Å². The first-order chi connectivity index (χ1) is 6.74. The van der Waals surface area contributed by atoms with Crippen molar-refractivity contribution in [1.82, 2.24) is 4.90 Å². The van der Waals surface area contributed by atoms with Gasteiger partial charge in [-0.05, 0) is 25.7 Å². The lowest BCUT2D eigenvalue weighted by molar-refractivity contribution is -0.142. The van der Waals surface area contributed by atoms with E-state index in [1.807, 2.05) is 0 Å². The predicted octanol–water partition coefficient (Wildman–Crippen LogP) is 0.306. The molecule has 0 spiro atoms. The van der Waals surface area contributed by atoms with Gasteiger partial charge in [-0.3, -0.25) is 9.69 Å². The summed E-state index contributed by atoms with van der Waals surface area (Å²) in [7, 11) is 0. The van der Waals surface area contributed by atoms with Crippen molar-refractivity contribution in [1.29, 1.82) is 0 Å². The number of aliphatic hydroxyl groups excluding tert-OH is 1. The van der Waals surface area contributed by atoms with Gasteiger partial charge in [-0.25, -0.2) is 0 Å². The number of rotatable bonds is 4. The van der Waals surface area contributed by atoms with E-state index in [4.69, 9.17) is 10.2 Å². The van der Waals surface area contributed by atoms with E-state index < -0.39 is 5.97 Å². The Morgan fingerprint density at radius 3 is 2.79 bits per heavy atom. The number of carboxylic acid groups (broad SMARTS) is 1. The largest absolute Gasteiger partial charge is 0.481 e. The SMILES string of the molecule is O=C(O)C1CC2CCC1N2CCCO. The van der Waals surface area contributed by atoms with E-state index >= 15 is 0 Å². The fourth-order valence-corrected chi connectivity index (χ4v) is 2.97. The Labute approximate surface area is 83.5 Å². The average Bonchev–Trinajstić information content (AvgIpc) is 2.71. The van der Waals surface area contributed by atoms with Gasteiger partial charge in [0.1, 0.15) is 0 Å². The summed E-state index contributed by atoms with van der Waals surface area (Å²) < 4.78 is 0. The Morgan fingerprint density at radius 1 is 1.43 bits per heavy atom. The van der Waals surface area contributed by atoms with Gasteiger partial charge in [0, 0.05) is 25.2 Å². The molecule has 80 valence electrons. The molecule has 4 heteroatoms. The zero-order valence-electron chi connectivity index (χ0n) is 8.22. The molecule has 2 bridgehead atoms. The van der Waals surface area contributed by atoms with E-state index in [9.17, 15) is 4.79 Å². The summed E-state index contributed by atoms with van der Waals surface area (Å²) in [6.07, 6.45) is 3.73. The highest BCUT2D eigenvalue weighted by Gasteiger charge is 2.48. The fraction of sp³-hybridized carbons (Fsp3) is 0.900. The predicted molar refractivity (Wildman–Crippen MR) is 51.0 cm³/mol. The van der Waals surface area contributed by atoms with E-state index in [1.54, 1.807) is 0 Å². The van der Waals surface area contributed by atoms with Crippen LogP contribution in [-0.4, -0.2) is 46.3 Å². The molecule has 2 N–H and O–H groups in total. The third kappa shape index (κ3) is 1.53. The summed E-state index contributed by atoms with van der Waals surface area (Å²) in [6, 6.07) is 0.705. The van der Waals surface area contributed by atoms with Gasteiger partial charge in [0.25, 0.3) is 0 Å². The van der Waals surface area contributed by atoms with Crippen molar-refractivity contribution in [2.45, 2.75) is 37.8 Å². The average molecular weight is 199 g/mol. The maximum Gasteiger partial charge on any atom is 0.308 e. The van der Waals surface area contributed by atoms with Gasteiger partial charge in [0.05, 0.1) is 5.92 Å². The van der Waals surface area contributed by atoms with E-state index in [0.29, 0.717) is 6.04 Å². The number of carbonyl (C=O) groups is 1. The lowest BCUT2D eigenvalue weighted by Gasteiger charge is -2.21. The molecule has 2 rings (SSSR count). The molecule has 3 atom stereocenters. The standard InChI is InChI=1S/C10H17NO3/c12-5-1-4-11-7-2-3-9(11)8(6-7)10(13)14/h7-9,12H,1-6H2,(H,13,14). The Balaban J connectivity index is 1.97. The lowest BCUT2D eigenvalue weighted by atomic mass is 9.89. The zero-order valence-corrected chi connectivity index (χ0v) is 8.22. The Hall–Kier alpha value is -0.610. The zero-order chi connectivity index (χ0) is 10.1. The van der Waals surface area contributed by atoms with E-state index in [2.05, 4.69) is 4.90 Å². The highest BCUT2D eigenvalue weighted by molar-refractivity contribution is 5.71. The van der Waals surface area contributed by atoms with Crippen LogP contribution in [-0.2, 0) is 4.79 Å². The first kappa shape index (κ1) is 9.93. The van der Waals surface area contributed by atoms with Gasteiger partial charge in [0.2, 0.25) is 0 Å². The van der Waals surface area contributed by atoms with E-state index in [1.165, 1.54) is 0 Å². The minimum atomic E-state index is -0.647. The van der Waals surface area contributed by atoms with Gasteiger partial charge in [-0.1, -0.05) is 0 Å². The second-order valence-electron chi connectivity index (χ2n) is 4.29. The highest BCUT2D eigenvalue weighted by Crippen LogP contribution is 2.41. The molecule has 0 aromatic heterocycles. The second kappa shape index (κ2) is 3.87. The van der Waals surface area contributed by atoms with Gasteiger partial charge in [-0.15, -0.1) is 0 Å². The van der Waals surface area contributed by atoms with Crippen LogP contribution in [0.2, 0.25) is 0 Å². The van der Waals surface area contributed by atoms with Crippen LogP contribution in [0.15, 0.2) is 0 Å². The second-order valence-corrected chi connectivity index (χ2v) is 4.29. The topological polar surface area (TPSA) is 60.8 Å². The van der Waals surface area contributed by atoms with Gasteiger partial charge >= 0.3 is 5.97 Å². The maximum absolute atomic E-state index is 10.9. The maximum atomic E-state index is 10.9. The third-order valence-corrected chi connectivity index (χ3v) is 3.57. The number of fused-ring (bicyclic) bond motifs is 2. The van der Waals surface area contributed by atoms with Crippen LogP contribution in [0.3, 0.4) is 0 Å². The van der Waals surface area contributed by atoms with E-state index in [0.717, 1.165) is 32.2 Å². The number of hydrogen-bond acceptors (Lipinski definition) is 3. The Kier molecular flexibility index (Phi) is 2.74. The number of carboxylic acids is 1. The molecule has 4 nitrogen and oxygen atoms in total. The van der Waals surface area contributed by atoms with Crippen LogP contribution in [0.4, 0.5) is 0 Å². The Morgan fingerprint density at radius 2 is 2.21 bits per heavy atom. The summed E-state index contributed by atoms with van der Waals surface area (Å²) in [4.78, 5) is 13.2. The first-order valence-electron chi connectivity index (χ1n) is 5.33. The summed E-state index contributed by atoms with van der Waals surface area (Å²) in [5.74, 6) is -0.807. The van der Waals surface area contributed by atoms with Gasteiger partial charge in [0.15, 0.2) is 0 Å². The lowest BCUT2D eigenvalue weighted by Crippen LogP contribution is -2.33. The minimum absolute atomic E-state index is 0.160. The molecule has 2 heterocycles.